The van der Waals surface area contributed by atoms with Crippen LogP contribution >= 0.6 is 0 Å². The maximum atomic E-state index is 5.92. The summed E-state index contributed by atoms with van der Waals surface area (Å²) in [5.74, 6) is 0. The first kappa shape index (κ1) is 13.0. The maximum absolute atomic E-state index is 5.92. The molecule has 0 radical (unpaired) electrons. The average molecular weight is 213 g/mol. The van der Waals surface area contributed by atoms with Crippen molar-refractivity contribution < 1.29 is 4.74 Å². The quantitative estimate of drug-likeness (QED) is 0.656. The highest BCUT2D eigenvalue weighted by molar-refractivity contribution is 4.92. The first-order valence-corrected chi connectivity index (χ1v) is 6.60. The molecule has 2 nitrogen and oxygen atoms in total. The Balaban J connectivity index is 2.40. The number of ether oxygens (including phenoxy) is 1. The van der Waals surface area contributed by atoms with Gasteiger partial charge in [-0.05, 0) is 32.7 Å². The van der Waals surface area contributed by atoms with Gasteiger partial charge in [0.1, 0.15) is 0 Å². The van der Waals surface area contributed by atoms with Gasteiger partial charge in [0.25, 0.3) is 0 Å². The second kappa shape index (κ2) is 6.49. The molecule has 0 amide bonds. The van der Waals surface area contributed by atoms with Crippen LogP contribution in [-0.2, 0) is 4.74 Å². The van der Waals surface area contributed by atoms with Crippen LogP contribution in [-0.4, -0.2) is 24.8 Å². The fourth-order valence-electron chi connectivity index (χ4n) is 2.54. The lowest BCUT2D eigenvalue weighted by Gasteiger charge is -2.34. The molecular weight excluding hydrogens is 186 g/mol. The van der Waals surface area contributed by atoms with Crippen molar-refractivity contribution in [3.8, 4) is 0 Å². The highest BCUT2D eigenvalue weighted by Gasteiger charge is 2.37. The van der Waals surface area contributed by atoms with Gasteiger partial charge in [0.15, 0.2) is 0 Å². The van der Waals surface area contributed by atoms with Gasteiger partial charge < -0.3 is 10.1 Å². The van der Waals surface area contributed by atoms with Gasteiger partial charge in [-0.2, -0.15) is 0 Å². The standard InChI is InChI=1S/C13H27NO/c1-4-6-7-9-12(14-5-2)13(3)10-8-11-15-13/h12,14H,4-11H2,1-3H3. The Morgan fingerprint density at radius 1 is 1.33 bits per heavy atom. The highest BCUT2D eigenvalue weighted by Crippen LogP contribution is 2.30. The lowest BCUT2D eigenvalue weighted by Crippen LogP contribution is -2.48. The van der Waals surface area contributed by atoms with Crippen molar-refractivity contribution in [2.45, 2.75) is 70.9 Å². The largest absolute Gasteiger partial charge is 0.374 e. The van der Waals surface area contributed by atoms with Crippen molar-refractivity contribution in [1.29, 1.82) is 0 Å². The molecule has 1 rings (SSSR count). The monoisotopic (exact) mass is 213 g/mol. The highest BCUT2D eigenvalue weighted by atomic mass is 16.5. The molecule has 2 atom stereocenters. The van der Waals surface area contributed by atoms with Crippen molar-refractivity contribution in [1.82, 2.24) is 5.32 Å². The third-order valence-electron chi connectivity index (χ3n) is 3.53. The predicted octanol–water partition coefficient (Wildman–Crippen LogP) is 3.11. The van der Waals surface area contributed by atoms with Crippen LogP contribution in [0.3, 0.4) is 0 Å². The van der Waals surface area contributed by atoms with Gasteiger partial charge in [-0.1, -0.05) is 33.1 Å². The first-order chi connectivity index (χ1) is 7.23. The molecule has 0 saturated carbocycles. The second-order valence-corrected chi connectivity index (χ2v) is 4.87. The fraction of sp³-hybridized carbons (Fsp3) is 1.00. The Labute approximate surface area is 94.8 Å². The van der Waals surface area contributed by atoms with E-state index in [4.69, 9.17) is 4.74 Å². The second-order valence-electron chi connectivity index (χ2n) is 4.87. The molecule has 15 heavy (non-hydrogen) atoms. The lowest BCUT2D eigenvalue weighted by atomic mass is 9.89. The molecule has 1 saturated heterocycles. The molecule has 2 unspecified atom stereocenters. The summed E-state index contributed by atoms with van der Waals surface area (Å²) in [5, 5.41) is 3.60. The van der Waals surface area contributed by atoms with Gasteiger partial charge in [-0.15, -0.1) is 0 Å². The molecule has 1 N–H and O–H groups in total. The van der Waals surface area contributed by atoms with Crippen LogP contribution < -0.4 is 5.32 Å². The van der Waals surface area contributed by atoms with Crippen LogP contribution in [0.4, 0.5) is 0 Å². The Bertz CT molecular complexity index is 164. The molecule has 2 heteroatoms. The lowest BCUT2D eigenvalue weighted by molar-refractivity contribution is -0.0140. The summed E-state index contributed by atoms with van der Waals surface area (Å²) in [6, 6.07) is 0.552. The van der Waals surface area contributed by atoms with Crippen LogP contribution in [0.15, 0.2) is 0 Å². The van der Waals surface area contributed by atoms with Crippen molar-refractivity contribution in [2.24, 2.45) is 0 Å². The number of likely N-dealkylation sites (N-methyl/N-ethyl adjacent to an activating group) is 1. The average Bonchev–Trinajstić information content (AvgIpc) is 2.65. The van der Waals surface area contributed by atoms with Crippen LogP contribution in [0.1, 0.15) is 59.3 Å². The molecule has 0 bridgehead atoms. The van der Waals surface area contributed by atoms with E-state index in [-0.39, 0.29) is 5.60 Å². The summed E-state index contributed by atoms with van der Waals surface area (Å²) in [4.78, 5) is 0. The summed E-state index contributed by atoms with van der Waals surface area (Å²) < 4.78 is 5.92. The van der Waals surface area contributed by atoms with Gasteiger partial charge >= 0.3 is 0 Å². The molecule has 0 aromatic carbocycles. The third-order valence-corrected chi connectivity index (χ3v) is 3.53. The summed E-state index contributed by atoms with van der Waals surface area (Å²) in [6.45, 7) is 8.72. The molecule has 1 heterocycles. The van der Waals surface area contributed by atoms with E-state index in [2.05, 4.69) is 26.1 Å². The Morgan fingerprint density at radius 2 is 2.13 bits per heavy atom. The normalized spacial score (nSPS) is 28.2. The minimum absolute atomic E-state index is 0.101. The molecule has 0 aromatic heterocycles. The third kappa shape index (κ3) is 3.76. The maximum Gasteiger partial charge on any atom is 0.0807 e. The molecule has 1 fully saturated rings. The van der Waals surface area contributed by atoms with E-state index < -0.39 is 0 Å². The van der Waals surface area contributed by atoms with E-state index in [1.54, 1.807) is 0 Å². The van der Waals surface area contributed by atoms with Gasteiger partial charge in [0, 0.05) is 12.6 Å². The van der Waals surface area contributed by atoms with Crippen LogP contribution in [0.5, 0.6) is 0 Å². The summed E-state index contributed by atoms with van der Waals surface area (Å²) in [6.07, 6.45) is 7.68. The molecule has 0 aromatic rings. The van der Waals surface area contributed by atoms with E-state index in [0.717, 1.165) is 13.2 Å². The molecule has 0 aliphatic carbocycles. The summed E-state index contributed by atoms with van der Waals surface area (Å²) >= 11 is 0. The van der Waals surface area contributed by atoms with Gasteiger partial charge in [-0.25, -0.2) is 0 Å². The molecular formula is C13H27NO. The van der Waals surface area contributed by atoms with Crippen LogP contribution in [0.2, 0.25) is 0 Å². The zero-order chi connectivity index (χ0) is 11.1. The molecule has 1 aliphatic heterocycles. The van der Waals surface area contributed by atoms with E-state index in [0.29, 0.717) is 6.04 Å². The van der Waals surface area contributed by atoms with E-state index in [9.17, 15) is 0 Å². The molecule has 90 valence electrons. The Hall–Kier alpha value is -0.0800. The van der Waals surface area contributed by atoms with Crippen molar-refractivity contribution in [2.75, 3.05) is 13.2 Å². The van der Waals surface area contributed by atoms with Gasteiger partial charge in [0.2, 0.25) is 0 Å². The van der Waals surface area contributed by atoms with Gasteiger partial charge in [-0.3, -0.25) is 0 Å². The molecule has 0 spiro atoms. The smallest absolute Gasteiger partial charge is 0.0807 e. The number of rotatable bonds is 7. The van der Waals surface area contributed by atoms with E-state index in [1.807, 2.05) is 0 Å². The number of hydrogen-bond acceptors (Lipinski definition) is 2. The zero-order valence-corrected chi connectivity index (χ0v) is 10.6. The van der Waals surface area contributed by atoms with Crippen LogP contribution in [0.25, 0.3) is 0 Å². The van der Waals surface area contributed by atoms with Crippen LogP contribution in [0, 0.1) is 0 Å². The first-order valence-electron chi connectivity index (χ1n) is 6.60. The van der Waals surface area contributed by atoms with Crippen molar-refractivity contribution >= 4 is 0 Å². The predicted molar refractivity (Wildman–Crippen MR) is 65.2 cm³/mol. The minimum atomic E-state index is 0.101. The number of hydrogen-bond donors (Lipinski definition) is 1. The minimum Gasteiger partial charge on any atom is -0.374 e. The van der Waals surface area contributed by atoms with Crippen molar-refractivity contribution in [3.05, 3.63) is 0 Å². The molecule has 1 aliphatic rings. The number of unbranched alkanes of at least 4 members (excludes halogenated alkanes) is 2. The van der Waals surface area contributed by atoms with E-state index in [1.165, 1.54) is 38.5 Å². The van der Waals surface area contributed by atoms with Crippen molar-refractivity contribution in [3.63, 3.8) is 0 Å². The fourth-order valence-corrected chi connectivity index (χ4v) is 2.54. The SMILES string of the molecule is CCCCCC(NCC)C1(C)CCCO1. The Kier molecular flexibility index (Phi) is 5.62. The van der Waals surface area contributed by atoms with Gasteiger partial charge in [0.05, 0.1) is 5.60 Å². The summed E-state index contributed by atoms with van der Waals surface area (Å²) in [7, 11) is 0. The summed E-state index contributed by atoms with van der Waals surface area (Å²) in [5.41, 5.74) is 0.101. The zero-order valence-electron chi connectivity index (χ0n) is 10.6. The number of nitrogens with one attached hydrogen (secondary N) is 1. The Morgan fingerprint density at radius 3 is 2.67 bits per heavy atom. The van der Waals surface area contributed by atoms with E-state index >= 15 is 0 Å². The topological polar surface area (TPSA) is 21.3 Å².